The maximum atomic E-state index is 12.0. The van der Waals surface area contributed by atoms with E-state index in [0.29, 0.717) is 5.56 Å². The SMILES string of the molecule is C[C@](O)(C(=O)N/N=C\c1ccccc1)c1ccccc1. The number of nitrogens with one attached hydrogen (secondary N) is 1. The first-order valence-electron chi connectivity index (χ1n) is 6.27. The van der Waals surface area contributed by atoms with Crippen molar-refractivity contribution in [3.8, 4) is 0 Å². The lowest BCUT2D eigenvalue weighted by molar-refractivity contribution is -0.138. The fourth-order valence-corrected chi connectivity index (χ4v) is 1.71. The lowest BCUT2D eigenvalue weighted by Gasteiger charge is -2.21. The van der Waals surface area contributed by atoms with Crippen LogP contribution in [-0.4, -0.2) is 17.2 Å². The molecule has 2 N–H and O–H groups in total. The summed E-state index contributed by atoms with van der Waals surface area (Å²) in [5.74, 6) is -0.573. The number of carbonyl (C=O) groups excluding carboxylic acids is 1. The topological polar surface area (TPSA) is 61.7 Å². The zero-order valence-corrected chi connectivity index (χ0v) is 11.2. The van der Waals surface area contributed by atoms with E-state index in [2.05, 4.69) is 10.5 Å². The molecule has 4 heteroatoms. The van der Waals surface area contributed by atoms with E-state index in [-0.39, 0.29) is 0 Å². The lowest BCUT2D eigenvalue weighted by atomic mass is 9.95. The minimum atomic E-state index is -1.62. The molecule has 2 aromatic carbocycles. The summed E-state index contributed by atoms with van der Waals surface area (Å²) in [5.41, 5.74) is 2.12. The van der Waals surface area contributed by atoms with E-state index >= 15 is 0 Å². The van der Waals surface area contributed by atoms with Crippen molar-refractivity contribution in [2.75, 3.05) is 0 Å². The summed E-state index contributed by atoms with van der Waals surface area (Å²) in [6.45, 7) is 1.44. The first-order valence-corrected chi connectivity index (χ1v) is 6.27. The van der Waals surface area contributed by atoms with Gasteiger partial charge in [-0.15, -0.1) is 0 Å². The highest BCUT2D eigenvalue weighted by atomic mass is 16.3. The van der Waals surface area contributed by atoms with Gasteiger partial charge >= 0.3 is 0 Å². The molecule has 0 fully saturated rings. The van der Waals surface area contributed by atoms with Gasteiger partial charge in [0.1, 0.15) is 0 Å². The quantitative estimate of drug-likeness (QED) is 0.658. The van der Waals surface area contributed by atoms with Gasteiger partial charge in [0.2, 0.25) is 0 Å². The molecular formula is C16H16N2O2. The van der Waals surface area contributed by atoms with Crippen molar-refractivity contribution >= 4 is 12.1 Å². The first kappa shape index (κ1) is 14.0. The average molecular weight is 268 g/mol. The summed E-state index contributed by atoms with van der Waals surface area (Å²) in [7, 11) is 0. The molecule has 0 radical (unpaired) electrons. The van der Waals surface area contributed by atoms with Crippen LogP contribution < -0.4 is 5.43 Å². The van der Waals surface area contributed by atoms with Crippen LogP contribution in [0.1, 0.15) is 18.1 Å². The Hall–Kier alpha value is -2.46. The third-order valence-electron chi connectivity index (χ3n) is 2.96. The Morgan fingerprint density at radius 2 is 1.65 bits per heavy atom. The van der Waals surface area contributed by atoms with E-state index in [4.69, 9.17) is 0 Å². The fourth-order valence-electron chi connectivity index (χ4n) is 1.71. The number of hydrogen-bond donors (Lipinski definition) is 2. The maximum Gasteiger partial charge on any atom is 0.276 e. The smallest absolute Gasteiger partial charge is 0.276 e. The van der Waals surface area contributed by atoms with Crippen molar-refractivity contribution in [2.24, 2.45) is 5.10 Å². The Kier molecular flexibility index (Phi) is 4.27. The molecule has 0 unspecified atom stereocenters. The molecule has 4 nitrogen and oxygen atoms in total. The lowest BCUT2D eigenvalue weighted by Crippen LogP contribution is -2.40. The highest BCUT2D eigenvalue weighted by Crippen LogP contribution is 2.20. The van der Waals surface area contributed by atoms with Gasteiger partial charge in [-0.05, 0) is 18.1 Å². The number of rotatable bonds is 4. The predicted octanol–water partition coefficient (Wildman–Crippen LogP) is 2.04. The van der Waals surface area contributed by atoms with Crippen LogP contribution in [0.4, 0.5) is 0 Å². The molecule has 0 saturated carbocycles. The maximum absolute atomic E-state index is 12.0. The molecule has 102 valence electrons. The Bertz CT molecular complexity index is 592. The van der Waals surface area contributed by atoms with Crippen molar-refractivity contribution in [1.29, 1.82) is 0 Å². The normalized spacial score (nSPS) is 13.9. The van der Waals surface area contributed by atoms with Gasteiger partial charge in [-0.25, -0.2) is 5.43 Å². The first-order chi connectivity index (χ1) is 9.60. The molecule has 0 aliphatic rings. The van der Waals surface area contributed by atoms with E-state index in [1.807, 2.05) is 36.4 Å². The molecule has 20 heavy (non-hydrogen) atoms. The summed E-state index contributed by atoms with van der Waals surface area (Å²) < 4.78 is 0. The summed E-state index contributed by atoms with van der Waals surface area (Å²) in [4.78, 5) is 12.0. The number of nitrogens with zero attached hydrogens (tertiary/aromatic N) is 1. The van der Waals surface area contributed by atoms with Crippen LogP contribution in [0.25, 0.3) is 0 Å². The van der Waals surface area contributed by atoms with Crippen molar-refractivity contribution in [3.05, 3.63) is 71.8 Å². The van der Waals surface area contributed by atoms with E-state index in [0.717, 1.165) is 5.56 Å². The number of hydrogen-bond acceptors (Lipinski definition) is 3. The minimum absolute atomic E-state index is 0.521. The molecule has 2 aromatic rings. The van der Waals surface area contributed by atoms with Crippen molar-refractivity contribution < 1.29 is 9.90 Å². The fraction of sp³-hybridized carbons (Fsp3) is 0.125. The van der Waals surface area contributed by atoms with E-state index < -0.39 is 11.5 Å². The Morgan fingerprint density at radius 1 is 1.10 bits per heavy atom. The number of amides is 1. The minimum Gasteiger partial charge on any atom is -0.375 e. The third-order valence-corrected chi connectivity index (χ3v) is 2.96. The highest BCUT2D eigenvalue weighted by molar-refractivity contribution is 5.87. The number of aliphatic hydroxyl groups is 1. The number of hydrazone groups is 1. The van der Waals surface area contributed by atoms with Gasteiger partial charge in [0.05, 0.1) is 6.21 Å². The summed E-state index contributed by atoms with van der Waals surface area (Å²) in [6, 6.07) is 18.1. The van der Waals surface area contributed by atoms with E-state index in [1.165, 1.54) is 13.1 Å². The molecule has 0 spiro atoms. The number of carbonyl (C=O) groups is 1. The second-order valence-electron chi connectivity index (χ2n) is 4.55. The van der Waals surface area contributed by atoms with Gasteiger partial charge in [0.15, 0.2) is 5.60 Å². The van der Waals surface area contributed by atoms with Crippen LogP contribution in [0.5, 0.6) is 0 Å². The van der Waals surface area contributed by atoms with Gasteiger partial charge in [-0.3, -0.25) is 4.79 Å². The molecule has 0 heterocycles. The Balaban J connectivity index is 2.03. The zero-order valence-electron chi connectivity index (χ0n) is 11.2. The Morgan fingerprint density at radius 3 is 2.25 bits per heavy atom. The molecule has 0 bridgehead atoms. The zero-order chi connectivity index (χ0) is 14.4. The largest absolute Gasteiger partial charge is 0.375 e. The Labute approximate surface area is 117 Å². The van der Waals surface area contributed by atoms with Crippen molar-refractivity contribution in [1.82, 2.24) is 5.43 Å². The van der Waals surface area contributed by atoms with Crippen LogP contribution in [0, 0.1) is 0 Å². The van der Waals surface area contributed by atoms with Gasteiger partial charge in [0.25, 0.3) is 5.91 Å². The highest BCUT2D eigenvalue weighted by Gasteiger charge is 2.31. The summed E-state index contributed by atoms with van der Waals surface area (Å²) in [5, 5.41) is 14.1. The molecule has 1 atom stereocenters. The third kappa shape index (κ3) is 3.30. The molecular weight excluding hydrogens is 252 g/mol. The van der Waals surface area contributed by atoms with E-state index in [1.54, 1.807) is 24.3 Å². The molecule has 0 aliphatic heterocycles. The van der Waals surface area contributed by atoms with Gasteiger partial charge in [-0.2, -0.15) is 5.10 Å². The van der Waals surface area contributed by atoms with Gasteiger partial charge in [-0.1, -0.05) is 60.7 Å². The monoisotopic (exact) mass is 268 g/mol. The van der Waals surface area contributed by atoms with Crippen LogP contribution >= 0.6 is 0 Å². The molecule has 0 aromatic heterocycles. The van der Waals surface area contributed by atoms with Crippen LogP contribution in [0.2, 0.25) is 0 Å². The number of benzene rings is 2. The van der Waals surface area contributed by atoms with E-state index in [9.17, 15) is 9.90 Å². The van der Waals surface area contributed by atoms with Crippen molar-refractivity contribution in [2.45, 2.75) is 12.5 Å². The molecule has 1 amide bonds. The van der Waals surface area contributed by atoms with Crippen LogP contribution in [-0.2, 0) is 10.4 Å². The predicted molar refractivity (Wildman–Crippen MR) is 78.2 cm³/mol. The summed E-state index contributed by atoms with van der Waals surface area (Å²) in [6.07, 6.45) is 1.53. The van der Waals surface area contributed by atoms with Gasteiger partial charge in [0, 0.05) is 0 Å². The average Bonchev–Trinajstić information content (AvgIpc) is 2.49. The molecule has 2 rings (SSSR count). The van der Waals surface area contributed by atoms with Crippen molar-refractivity contribution in [3.63, 3.8) is 0 Å². The standard InChI is InChI=1S/C16H16N2O2/c1-16(20,14-10-6-3-7-11-14)15(19)18-17-12-13-8-4-2-5-9-13/h2-12,20H,1H3,(H,18,19)/b17-12-/t16-/m1/s1. The van der Waals surface area contributed by atoms with Crippen LogP contribution in [0.15, 0.2) is 65.8 Å². The van der Waals surface area contributed by atoms with Crippen LogP contribution in [0.3, 0.4) is 0 Å². The molecule has 0 saturated heterocycles. The summed E-state index contributed by atoms with van der Waals surface area (Å²) >= 11 is 0. The van der Waals surface area contributed by atoms with Gasteiger partial charge < -0.3 is 5.11 Å². The second kappa shape index (κ2) is 6.12. The molecule has 0 aliphatic carbocycles. The second-order valence-corrected chi connectivity index (χ2v) is 4.55.